The molecule has 2 amide bonds. The Labute approximate surface area is 194 Å². The number of rotatable bonds is 8. The van der Waals surface area contributed by atoms with E-state index < -0.39 is 39.4 Å². The third-order valence-corrected chi connectivity index (χ3v) is 6.54. The van der Waals surface area contributed by atoms with E-state index in [0.717, 1.165) is 29.2 Å². The Morgan fingerprint density at radius 1 is 1.00 bits per heavy atom. The van der Waals surface area contributed by atoms with Crippen molar-refractivity contribution in [1.82, 2.24) is 10.0 Å². The van der Waals surface area contributed by atoms with Crippen molar-refractivity contribution >= 4 is 22.0 Å². The van der Waals surface area contributed by atoms with Crippen LogP contribution in [0.25, 0.3) is 11.1 Å². The van der Waals surface area contributed by atoms with Crippen LogP contribution in [0, 0.1) is 0 Å². The van der Waals surface area contributed by atoms with Gasteiger partial charge in [-0.15, -0.1) is 0 Å². The average molecular weight is 475 g/mol. The molecule has 178 valence electrons. The monoisotopic (exact) mass is 474 g/mol. The largest absolute Gasteiger partial charge is 0.449 e. The van der Waals surface area contributed by atoms with Crippen LogP contribution in [0.2, 0.25) is 0 Å². The molecular weight excluding hydrogens is 444 g/mol. The van der Waals surface area contributed by atoms with Crippen LogP contribution >= 0.6 is 0 Å². The molecular formula is C24H30N2O6S. The standard InChI is InChI=1S/C24H30N2O6S/c1-16(27)26-33(29,30)15-17(13-32-24(2,3)4)25-23(28)31-14-22-20-11-7-5-9-18(20)19-10-6-8-12-21(19)22/h5-12,17,22H,13-15H2,1-4H3,(H,25,28)(H,26,27)/t17-/m0/s1. The summed E-state index contributed by atoms with van der Waals surface area (Å²) in [6.45, 7) is 6.61. The number of amides is 2. The Morgan fingerprint density at radius 3 is 2.06 bits per heavy atom. The third-order valence-electron chi connectivity index (χ3n) is 5.10. The normalized spacial score (nSPS) is 14.2. The first-order valence-electron chi connectivity index (χ1n) is 10.7. The molecule has 1 atom stereocenters. The van der Waals surface area contributed by atoms with E-state index >= 15 is 0 Å². The van der Waals surface area contributed by atoms with Gasteiger partial charge in [0.25, 0.3) is 0 Å². The topological polar surface area (TPSA) is 111 Å². The van der Waals surface area contributed by atoms with E-state index in [-0.39, 0.29) is 19.1 Å². The van der Waals surface area contributed by atoms with Crippen LogP contribution in [0.4, 0.5) is 4.79 Å². The molecule has 0 radical (unpaired) electrons. The minimum absolute atomic E-state index is 0.0630. The summed E-state index contributed by atoms with van der Waals surface area (Å²) in [4.78, 5) is 23.8. The van der Waals surface area contributed by atoms with Gasteiger partial charge in [0.1, 0.15) is 6.61 Å². The number of alkyl carbamates (subject to hydrolysis) is 1. The zero-order chi connectivity index (χ0) is 24.2. The minimum atomic E-state index is -3.95. The van der Waals surface area contributed by atoms with Crippen LogP contribution in [-0.2, 0) is 24.3 Å². The highest BCUT2D eigenvalue weighted by Crippen LogP contribution is 2.44. The van der Waals surface area contributed by atoms with Gasteiger partial charge in [-0.25, -0.2) is 13.2 Å². The van der Waals surface area contributed by atoms with E-state index in [2.05, 4.69) is 5.32 Å². The number of fused-ring (bicyclic) bond motifs is 3. The lowest BCUT2D eigenvalue weighted by Gasteiger charge is -2.25. The fourth-order valence-electron chi connectivity index (χ4n) is 3.81. The van der Waals surface area contributed by atoms with Crippen molar-refractivity contribution in [1.29, 1.82) is 0 Å². The van der Waals surface area contributed by atoms with E-state index in [1.165, 1.54) is 0 Å². The van der Waals surface area contributed by atoms with E-state index in [9.17, 15) is 18.0 Å². The van der Waals surface area contributed by atoms with Gasteiger partial charge in [0.05, 0.1) is 24.0 Å². The Bertz CT molecular complexity index is 1080. The quantitative estimate of drug-likeness (QED) is 0.608. The maximum atomic E-state index is 12.6. The van der Waals surface area contributed by atoms with Crippen molar-refractivity contribution < 1.29 is 27.5 Å². The van der Waals surface area contributed by atoms with Crippen LogP contribution in [0.3, 0.4) is 0 Å². The summed E-state index contributed by atoms with van der Waals surface area (Å²) in [6, 6.07) is 15.1. The van der Waals surface area contributed by atoms with E-state index in [1.807, 2.05) is 74.0 Å². The number of hydrogen-bond acceptors (Lipinski definition) is 6. The first kappa shape index (κ1) is 24.7. The molecule has 1 aliphatic carbocycles. The van der Waals surface area contributed by atoms with Crippen molar-refractivity contribution in [2.24, 2.45) is 0 Å². The molecule has 9 heteroatoms. The lowest BCUT2D eigenvalue weighted by molar-refractivity contribution is -0.117. The Morgan fingerprint density at radius 2 is 1.55 bits per heavy atom. The number of nitrogens with one attached hydrogen (secondary N) is 2. The molecule has 0 spiro atoms. The Balaban J connectivity index is 1.68. The number of carbonyl (C=O) groups excluding carboxylic acids is 2. The number of benzene rings is 2. The predicted molar refractivity (Wildman–Crippen MR) is 125 cm³/mol. The molecule has 0 saturated carbocycles. The maximum Gasteiger partial charge on any atom is 0.407 e. The summed E-state index contributed by atoms with van der Waals surface area (Å²) in [5.41, 5.74) is 3.83. The van der Waals surface area contributed by atoms with E-state index in [0.29, 0.717) is 0 Å². The van der Waals surface area contributed by atoms with Gasteiger partial charge in [-0.3, -0.25) is 9.52 Å². The van der Waals surface area contributed by atoms with Crippen molar-refractivity contribution in [2.75, 3.05) is 19.0 Å². The van der Waals surface area contributed by atoms with Gasteiger partial charge in [0, 0.05) is 12.8 Å². The molecule has 2 N–H and O–H groups in total. The number of hydrogen-bond donors (Lipinski definition) is 2. The summed E-state index contributed by atoms with van der Waals surface area (Å²) in [6.07, 6.45) is -0.752. The molecule has 2 aromatic rings. The number of ether oxygens (including phenoxy) is 2. The molecule has 1 aliphatic rings. The highest BCUT2D eigenvalue weighted by atomic mass is 32.2. The second kappa shape index (κ2) is 9.93. The maximum absolute atomic E-state index is 12.6. The molecule has 8 nitrogen and oxygen atoms in total. The molecule has 2 aromatic carbocycles. The van der Waals surface area contributed by atoms with Gasteiger partial charge in [0.2, 0.25) is 15.9 Å². The molecule has 3 rings (SSSR count). The molecule has 0 unspecified atom stereocenters. The van der Waals surface area contributed by atoms with Crippen LogP contribution in [0.1, 0.15) is 44.7 Å². The lowest BCUT2D eigenvalue weighted by atomic mass is 9.98. The second-order valence-corrected chi connectivity index (χ2v) is 10.8. The van der Waals surface area contributed by atoms with Gasteiger partial charge >= 0.3 is 6.09 Å². The first-order valence-corrected chi connectivity index (χ1v) is 12.4. The van der Waals surface area contributed by atoms with Gasteiger partial charge in [-0.05, 0) is 43.0 Å². The fraction of sp³-hybridized carbons (Fsp3) is 0.417. The van der Waals surface area contributed by atoms with E-state index in [4.69, 9.17) is 9.47 Å². The molecule has 0 aromatic heterocycles. The fourth-order valence-corrected chi connectivity index (χ4v) is 5.04. The van der Waals surface area contributed by atoms with Crippen LogP contribution < -0.4 is 10.0 Å². The highest BCUT2D eigenvalue weighted by Gasteiger charge is 2.30. The molecule has 0 saturated heterocycles. The second-order valence-electron chi connectivity index (χ2n) is 9.03. The summed E-state index contributed by atoms with van der Waals surface area (Å²) in [7, 11) is -3.95. The summed E-state index contributed by atoms with van der Waals surface area (Å²) in [5.74, 6) is -1.34. The molecule has 0 bridgehead atoms. The van der Waals surface area contributed by atoms with Crippen molar-refractivity contribution in [2.45, 2.75) is 45.3 Å². The zero-order valence-corrected chi connectivity index (χ0v) is 20.1. The summed E-state index contributed by atoms with van der Waals surface area (Å²) < 4.78 is 37.5. The minimum Gasteiger partial charge on any atom is -0.449 e. The third kappa shape index (κ3) is 6.79. The molecule has 0 aliphatic heterocycles. The SMILES string of the molecule is CC(=O)NS(=O)(=O)C[C@H](COC(C)(C)C)NC(=O)OCC1c2ccccc2-c2ccccc21. The van der Waals surface area contributed by atoms with Gasteiger partial charge in [-0.2, -0.15) is 0 Å². The van der Waals surface area contributed by atoms with Gasteiger partial charge in [-0.1, -0.05) is 48.5 Å². The Hall–Kier alpha value is -2.91. The molecule has 0 fully saturated rings. The predicted octanol–water partition coefficient (Wildman–Crippen LogP) is 3.17. The molecule has 33 heavy (non-hydrogen) atoms. The number of carbonyl (C=O) groups is 2. The van der Waals surface area contributed by atoms with Crippen LogP contribution in [-0.4, -0.2) is 51.0 Å². The average Bonchev–Trinajstić information content (AvgIpc) is 3.03. The number of sulfonamides is 1. The van der Waals surface area contributed by atoms with Crippen molar-refractivity contribution in [3.63, 3.8) is 0 Å². The van der Waals surface area contributed by atoms with Crippen LogP contribution in [0.15, 0.2) is 48.5 Å². The Kier molecular flexibility index (Phi) is 7.44. The molecule has 0 heterocycles. The van der Waals surface area contributed by atoms with Gasteiger partial charge in [0.15, 0.2) is 0 Å². The van der Waals surface area contributed by atoms with Crippen molar-refractivity contribution in [3.8, 4) is 11.1 Å². The first-order chi connectivity index (χ1) is 15.5. The van der Waals surface area contributed by atoms with Crippen LogP contribution in [0.5, 0.6) is 0 Å². The lowest BCUT2D eigenvalue weighted by Crippen LogP contribution is -2.47. The van der Waals surface area contributed by atoms with Crippen molar-refractivity contribution in [3.05, 3.63) is 59.7 Å². The highest BCUT2D eigenvalue weighted by molar-refractivity contribution is 7.90. The van der Waals surface area contributed by atoms with E-state index in [1.54, 1.807) is 0 Å². The zero-order valence-electron chi connectivity index (χ0n) is 19.3. The summed E-state index contributed by atoms with van der Waals surface area (Å²) in [5, 5.41) is 2.57. The van der Waals surface area contributed by atoms with Gasteiger partial charge < -0.3 is 14.8 Å². The smallest absolute Gasteiger partial charge is 0.407 e. The summed E-state index contributed by atoms with van der Waals surface area (Å²) >= 11 is 0.